The van der Waals surface area contributed by atoms with Gasteiger partial charge in [-0.05, 0) is 29.7 Å². The smallest absolute Gasteiger partial charge is 0.459 e. The Hall–Kier alpha value is -3.08. The third kappa shape index (κ3) is 7.99. The van der Waals surface area contributed by atoms with Crippen LogP contribution in [0.3, 0.4) is 0 Å². The Morgan fingerprint density at radius 2 is 1.90 bits per heavy atom. The average molecular weight is 587 g/mol. The molecule has 2 aromatic rings. The highest BCUT2D eigenvalue weighted by Crippen LogP contribution is 2.48. The first kappa shape index (κ1) is 29.9. The predicted molar refractivity (Wildman–Crippen MR) is 156 cm³/mol. The van der Waals surface area contributed by atoms with Crippen molar-refractivity contribution >= 4 is 31.3 Å². The highest BCUT2D eigenvalue weighted by molar-refractivity contribution is 8.00. The lowest BCUT2D eigenvalue weighted by Gasteiger charge is -2.29. The lowest BCUT2D eigenvalue weighted by Crippen LogP contribution is -2.42. The molecule has 2 aliphatic rings. The van der Waals surface area contributed by atoms with Crippen molar-refractivity contribution in [2.45, 2.75) is 49.6 Å². The van der Waals surface area contributed by atoms with Crippen LogP contribution in [0.2, 0.25) is 0 Å². The number of hydrogen-bond acceptors (Lipinski definition) is 10. The lowest BCUT2D eigenvalue weighted by molar-refractivity contribution is -0.148. The first-order chi connectivity index (χ1) is 19.1. The van der Waals surface area contributed by atoms with E-state index in [1.807, 2.05) is 49.1 Å². The van der Waals surface area contributed by atoms with Gasteiger partial charge in [0.2, 0.25) is 0 Å². The number of ether oxygens (including phenoxy) is 1. The number of nitrogens with one attached hydrogen (secondary N) is 1. The minimum atomic E-state index is -4.11. The second-order valence-corrected chi connectivity index (χ2v) is 12.9. The topological polar surface area (TPSA) is 136 Å². The number of para-hydroxylation sites is 1. The first-order valence-electron chi connectivity index (χ1n) is 12.9. The van der Waals surface area contributed by atoms with E-state index in [1.165, 1.54) is 11.8 Å². The van der Waals surface area contributed by atoms with Crippen molar-refractivity contribution in [1.29, 1.82) is 0 Å². The van der Waals surface area contributed by atoms with Gasteiger partial charge >= 0.3 is 13.7 Å². The number of amidine groups is 1. The summed E-state index contributed by atoms with van der Waals surface area (Å²) < 4.78 is 31.3. The largest absolute Gasteiger partial charge is 0.460 e. The van der Waals surface area contributed by atoms with E-state index in [4.69, 9.17) is 19.5 Å². The fourth-order valence-electron chi connectivity index (χ4n) is 4.13. The highest BCUT2D eigenvalue weighted by Gasteiger charge is 2.41. The first-order valence-corrected chi connectivity index (χ1v) is 15.4. The van der Waals surface area contributed by atoms with Crippen LogP contribution in [0.25, 0.3) is 0 Å². The van der Waals surface area contributed by atoms with E-state index in [0.717, 1.165) is 5.56 Å². The number of aliphatic hydroxyl groups is 1. The molecule has 1 unspecified atom stereocenters. The molecule has 0 aliphatic carbocycles. The van der Waals surface area contributed by atoms with Crippen LogP contribution in [0.5, 0.6) is 5.75 Å². The van der Waals surface area contributed by atoms with Crippen molar-refractivity contribution in [3.63, 3.8) is 0 Å². The van der Waals surface area contributed by atoms with Crippen molar-refractivity contribution in [2.24, 2.45) is 16.6 Å². The Kier molecular flexibility index (Phi) is 10.1. The summed E-state index contributed by atoms with van der Waals surface area (Å²) in [4.78, 5) is 19.1. The Balaban J connectivity index is 1.45. The molecule has 0 aromatic heterocycles. The molecular weight excluding hydrogens is 551 g/mol. The zero-order chi connectivity index (χ0) is 28.7. The average Bonchev–Trinajstić information content (AvgIpc) is 3.30. The van der Waals surface area contributed by atoms with Gasteiger partial charge in [-0.25, -0.2) is 9.56 Å². The van der Waals surface area contributed by atoms with Crippen LogP contribution in [0.4, 0.5) is 0 Å². The van der Waals surface area contributed by atoms with Gasteiger partial charge in [-0.15, -0.1) is 11.8 Å². The number of carbonyl (C=O) groups is 1. The van der Waals surface area contributed by atoms with Gasteiger partial charge in [-0.2, -0.15) is 5.09 Å². The number of hydrogen-bond donors (Lipinski definition) is 3. The number of nitrogens with two attached hydrogens (primary N) is 1. The second kappa shape index (κ2) is 13.5. The molecule has 2 aliphatic heterocycles. The highest BCUT2D eigenvalue weighted by atomic mass is 32.2. The predicted octanol–water partition coefficient (Wildman–Crippen LogP) is 4.40. The van der Waals surface area contributed by atoms with E-state index < -0.39 is 31.1 Å². The van der Waals surface area contributed by atoms with Crippen LogP contribution in [0, 0.1) is 5.92 Å². The molecule has 40 heavy (non-hydrogen) atoms. The van der Waals surface area contributed by atoms with E-state index in [9.17, 15) is 14.5 Å². The van der Waals surface area contributed by atoms with Gasteiger partial charge in [0.15, 0.2) is 0 Å². The molecule has 4 N–H and O–H groups in total. The number of nitrogens with zero attached hydrogens (tertiary/aromatic N) is 2. The summed E-state index contributed by atoms with van der Waals surface area (Å²) >= 11 is 1.45. The van der Waals surface area contributed by atoms with Crippen molar-refractivity contribution in [2.75, 3.05) is 6.61 Å². The monoisotopic (exact) mass is 586 g/mol. The van der Waals surface area contributed by atoms with Gasteiger partial charge in [-0.3, -0.25) is 9.32 Å². The van der Waals surface area contributed by atoms with E-state index in [-0.39, 0.29) is 24.5 Å². The molecule has 1 fully saturated rings. The Bertz CT molecular complexity index is 1280. The van der Waals surface area contributed by atoms with Crippen molar-refractivity contribution in [1.82, 2.24) is 9.99 Å². The van der Waals surface area contributed by atoms with E-state index in [1.54, 1.807) is 42.6 Å². The minimum Gasteiger partial charge on any atom is -0.460 e. The number of carbonyl (C=O) groups excluding carboxylic acids is 1. The van der Waals surface area contributed by atoms with Crippen LogP contribution >= 0.6 is 19.5 Å². The van der Waals surface area contributed by atoms with Gasteiger partial charge in [0, 0.05) is 12.6 Å². The third-order valence-corrected chi connectivity index (χ3v) is 9.36. The van der Waals surface area contributed by atoms with Crippen molar-refractivity contribution in [3.05, 3.63) is 90.9 Å². The fraction of sp³-hybridized carbons (Fsp3) is 0.357. The quantitative estimate of drug-likeness (QED) is 0.243. The molecule has 0 amide bonds. The summed E-state index contributed by atoms with van der Waals surface area (Å²) in [5.74, 6) is 0.267. The summed E-state index contributed by atoms with van der Waals surface area (Å²) in [7, 11) is -4.11. The maximum Gasteiger partial charge on any atom is 0.459 e. The number of thioether (sulfide) groups is 1. The molecule has 214 valence electrons. The van der Waals surface area contributed by atoms with Crippen molar-refractivity contribution in [3.8, 4) is 5.75 Å². The van der Waals surface area contributed by atoms with Crippen LogP contribution in [-0.4, -0.2) is 51.2 Å². The molecule has 10 nitrogen and oxygen atoms in total. The summed E-state index contributed by atoms with van der Waals surface area (Å²) in [6.07, 6.45) is 3.11. The number of aliphatic hydroxyl groups excluding tert-OH is 1. The molecule has 4 rings (SSSR count). The maximum absolute atomic E-state index is 14.1. The van der Waals surface area contributed by atoms with Crippen LogP contribution in [0.1, 0.15) is 25.8 Å². The van der Waals surface area contributed by atoms with E-state index >= 15 is 0 Å². The van der Waals surface area contributed by atoms with Gasteiger partial charge in [0.25, 0.3) is 0 Å². The lowest BCUT2D eigenvalue weighted by atomic mass is 10.1. The number of rotatable bonds is 12. The van der Waals surface area contributed by atoms with Gasteiger partial charge in [0.05, 0.1) is 23.3 Å². The van der Waals surface area contributed by atoms with Gasteiger partial charge in [0.1, 0.15) is 30.1 Å². The molecular formula is C28H35N4O6PS. The van der Waals surface area contributed by atoms with Crippen molar-refractivity contribution < 1.29 is 28.3 Å². The zero-order valence-electron chi connectivity index (χ0n) is 22.5. The molecule has 0 saturated carbocycles. The molecule has 0 spiro atoms. The zero-order valence-corrected chi connectivity index (χ0v) is 24.2. The molecule has 0 radical (unpaired) electrons. The number of aliphatic imine (C=N–C) groups is 1. The Morgan fingerprint density at radius 1 is 1.23 bits per heavy atom. The fourth-order valence-corrected chi connectivity index (χ4v) is 7.38. The van der Waals surface area contributed by atoms with Gasteiger partial charge < -0.3 is 25.0 Å². The summed E-state index contributed by atoms with van der Waals surface area (Å²) in [5.41, 5.74) is 6.58. The SMILES string of the molecule is C=C1N=C(N)C=CN1[C@H]1C[C@@H](O)[C@@H](COP(=O)(N[C@H](C(=O)OCc2ccccc2)C(C)C)Oc2ccccc2)S1. The third-order valence-electron chi connectivity index (χ3n) is 6.30. The summed E-state index contributed by atoms with van der Waals surface area (Å²) in [6.45, 7) is 7.53. The normalized spacial score (nSPS) is 23.0. The molecule has 2 aromatic carbocycles. The van der Waals surface area contributed by atoms with Crippen LogP contribution in [-0.2, 0) is 25.2 Å². The summed E-state index contributed by atoms with van der Waals surface area (Å²) in [5, 5.41) is 13.0. The number of benzene rings is 2. The maximum atomic E-state index is 14.1. The second-order valence-electron chi connectivity index (χ2n) is 9.75. The molecule has 1 saturated heterocycles. The number of esters is 1. The molecule has 12 heteroatoms. The standard InChI is InChI=1S/C28H35N4O6PS/c1-19(2)27(28(34)36-17-21-10-6-4-7-11-21)31-39(35,38-22-12-8-5-9-13-22)37-18-24-23(33)16-26(40-24)32-15-14-25(29)30-20(32)3/h4-15,19,23-24,26-27,33H,3,16-18H2,1-2H3,(H2,29,30)(H,31,35)/t23-,24-,26-,27+,39?/m1/s1. The minimum absolute atomic E-state index is 0.0769. The molecule has 5 atom stereocenters. The van der Waals surface area contributed by atoms with Crippen LogP contribution in [0.15, 0.2) is 90.3 Å². The van der Waals surface area contributed by atoms with E-state index in [2.05, 4.69) is 16.7 Å². The molecule has 0 bridgehead atoms. The Morgan fingerprint density at radius 3 is 2.55 bits per heavy atom. The summed E-state index contributed by atoms with van der Waals surface area (Å²) in [6, 6.07) is 16.9. The van der Waals surface area contributed by atoms with E-state index in [0.29, 0.717) is 23.8 Å². The van der Waals surface area contributed by atoms with Gasteiger partial charge in [-0.1, -0.05) is 69.0 Å². The van der Waals surface area contributed by atoms with Crippen LogP contribution < -0.4 is 15.3 Å². The molecule has 2 heterocycles. The Labute approximate surface area is 238 Å².